The van der Waals surface area contributed by atoms with Gasteiger partial charge >= 0.3 is 0 Å². The highest BCUT2D eigenvalue weighted by Crippen LogP contribution is 2.53. The molecule has 0 spiro atoms. The van der Waals surface area contributed by atoms with Crippen molar-refractivity contribution in [2.75, 3.05) is 0 Å². The highest BCUT2D eigenvalue weighted by molar-refractivity contribution is 6.74. The van der Waals surface area contributed by atoms with Crippen molar-refractivity contribution in [2.24, 2.45) is 0 Å². The highest BCUT2D eigenvalue weighted by atomic mass is 16.3. The minimum Gasteiger partial charge on any atom is -0.456 e. The molecule has 1 nitrogen and oxygen atoms in total. The third-order valence-electron chi connectivity index (χ3n) is 13.4. The average molecular weight is 753 g/mol. The fourth-order valence-corrected chi connectivity index (χ4v) is 10.1. The van der Waals surface area contributed by atoms with Crippen molar-refractivity contribution in [1.82, 2.24) is 0 Å². The Kier molecular flexibility index (Phi) is 9.40. The van der Waals surface area contributed by atoms with Crippen LogP contribution in [0.2, 0.25) is 0 Å². The summed E-state index contributed by atoms with van der Waals surface area (Å²) >= 11 is 0. The molecule has 0 amide bonds. The van der Waals surface area contributed by atoms with Crippen LogP contribution < -0.4 is 92.9 Å². The molecule has 0 saturated carbocycles. The van der Waals surface area contributed by atoms with E-state index < -0.39 is 5.41 Å². The second-order valence-corrected chi connectivity index (χ2v) is 16.8. The molecule has 0 aliphatic heterocycles. The van der Waals surface area contributed by atoms with E-state index in [1.165, 1.54) is 0 Å². The Morgan fingerprint density at radius 3 is 1.21 bits per heavy atom. The van der Waals surface area contributed by atoms with E-state index in [-0.39, 0.29) is 147 Å². The summed E-state index contributed by atoms with van der Waals surface area (Å²) in [5, 5.41) is 2.15. The quantitative estimate of drug-likeness (QED) is 0.127. The van der Waals surface area contributed by atoms with Gasteiger partial charge in [0.15, 0.2) is 0 Å². The second-order valence-electron chi connectivity index (χ2n) is 16.8. The monoisotopic (exact) mass is 756 g/mol. The van der Waals surface area contributed by atoms with Crippen LogP contribution in [0, 0.1) is 0 Å². The predicted octanol–water partition coefficient (Wildman–Crippen LogP) is -7.82. The van der Waals surface area contributed by atoms with E-state index in [1.807, 2.05) is 24.3 Å². The van der Waals surface area contributed by atoms with Gasteiger partial charge < -0.3 is 4.42 Å². The zero-order chi connectivity index (χ0) is 45.4. The van der Waals surface area contributed by atoms with Gasteiger partial charge in [-0.3, -0.25) is 0 Å². The van der Waals surface area contributed by atoms with Gasteiger partial charge in [0, 0.05) is 21.6 Å². The SMILES string of the molecule is [B]c1c(-c2c3c([B])c([B])c([B])c([B])c3c(-c3cccc4c3-c3ccccc3C4(C)C)c3c([B])c([B])c([B])c([B])c23)c([B])c2c(oc3c4c([B])c([B])c([B])c([B])c4c([B])c([B])c32)c1[B]. The second kappa shape index (κ2) is 14.0. The molecule has 63 heavy (non-hydrogen) atoms. The van der Waals surface area contributed by atoms with Crippen LogP contribution in [-0.2, 0) is 5.41 Å². The number of fused-ring (bicyclic) bond motifs is 10. The molecule has 18 heteroatoms. The first-order valence-corrected chi connectivity index (χ1v) is 19.6. The molecule has 1 heterocycles. The lowest BCUT2D eigenvalue weighted by Gasteiger charge is -2.31. The molecule has 1 aliphatic rings. The maximum Gasteiger partial charge on any atom is 0.141 e. The maximum absolute atomic E-state index is 7.37. The van der Waals surface area contributed by atoms with E-state index in [9.17, 15) is 0 Å². The van der Waals surface area contributed by atoms with Crippen LogP contribution in [0.4, 0.5) is 0 Å². The zero-order valence-corrected chi connectivity index (χ0v) is 34.3. The average Bonchev–Trinajstić information content (AvgIpc) is 3.78. The summed E-state index contributed by atoms with van der Waals surface area (Å²) in [6.45, 7) is 4.33. The first kappa shape index (κ1) is 42.4. The summed E-state index contributed by atoms with van der Waals surface area (Å²) in [4.78, 5) is 0. The van der Waals surface area contributed by atoms with Crippen LogP contribution in [-0.4, -0.2) is 133 Å². The van der Waals surface area contributed by atoms with E-state index in [4.69, 9.17) is 138 Å². The maximum atomic E-state index is 7.37. The van der Waals surface area contributed by atoms with Crippen molar-refractivity contribution in [3.8, 4) is 33.4 Å². The molecule has 0 fully saturated rings. The number of rotatable bonds is 2. The summed E-state index contributed by atoms with van der Waals surface area (Å²) in [6.07, 6.45) is 0. The Morgan fingerprint density at radius 2 is 0.667 bits per heavy atom. The highest BCUT2D eigenvalue weighted by Gasteiger charge is 2.38. The van der Waals surface area contributed by atoms with Crippen LogP contribution in [0.25, 0.3) is 87.6 Å². The van der Waals surface area contributed by atoms with Crippen LogP contribution in [0.5, 0.6) is 0 Å². The van der Waals surface area contributed by atoms with Crippen molar-refractivity contribution in [2.45, 2.75) is 19.3 Å². The van der Waals surface area contributed by atoms with Crippen LogP contribution in [0.15, 0.2) is 46.9 Å². The number of benzene rings is 8. The molecule has 250 valence electrons. The standard InChI is InChI=1S/C45H13B17O/c1-45(2)12-8-4-3-6-10(12)14-11(7-5-9-13(14)45)15-17-19(29(49)38(58)36(56)27(17)47)16(20-18(15)28(48)37(57)39(59)30(20)50)21-26(46)24-25-34(54)31(51)22-23(35(55)41(61)40(60)32(22)52)43(25)63-44(24)42(62)33(21)53/h3-9H,1-2H3. The molecule has 1 aliphatic carbocycles. The summed E-state index contributed by atoms with van der Waals surface area (Å²) < 4.78 is 6.50. The molecular weight excluding hydrogens is 740 g/mol. The Hall–Kier alpha value is -4.56. The van der Waals surface area contributed by atoms with Crippen LogP contribution in [0.1, 0.15) is 25.0 Å². The molecule has 0 atom stereocenters. The van der Waals surface area contributed by atoms with Crippen molar-refractivity contribution in [3.05, 3.63) is 53.6 Å². The van der Waals surface area contributed by atoms with Crippen molar-refractivity contribution in [3.63, 3.8) is 0 Å². The fourth-order valence-electron chi connectivity index (χ4n) is 10.1. The molecule has 1 aromatic heterocycles. The van der Waals surface area contributed by atoms with E-state index in [1.54, 1.807) is 0 Å². The number of hydrogen-bond donors (Lipinski definition) is 0. The summed E-state index contributed by atoms with van der Waals surface area (Å²) in [6, 6.07) is 14.2. The molecule has 0 N–H and O–H groups in total. The van der Waals surface area contributed by atoms with E-state index in [0.29, 0.717) is 16.3 Å². The number of furan rings is 1. The largest absolute Gasteiger partial charge is 0.456 e. The van der Waals surface area contributed by atoms with Crippen molar-refractivity contribution >= 4 is 281 Å². The topological polar surface area (TPSA) is 13.1 Å². The Labute approximate surface area is 388 Å². The molecule has 0 bridgehead atoms. The van der Waals surface area contributed by atoms with Crippen LogP contribution in [0.3, 0.4) is 0 Å². The first-order chi connectivity index (χ1) is 29.7. The third-order valence-corrected chi connectivity index (χ3v) is 13.4. The normalized spacial score (nSPS) is 13.2. The van der Waals surface area contributed by atoms with Gasteiger partial charge in [0.2, 0.25) is 0 Å². The lowest BCUT2D eigenvalue weighted by molar-refractivity contribution is 0.660. The van der Waals surface area contributed by atoms with Crippen molar-refractivity contribution in [1.29, 1.82) is 0 Å². The van der Waals surface area contributed by atoms with Gasteiger partial charge in [-0.15, -0.1) is 32.8 Å². The Balaban J connectivity index is 1.49. The first-order valence-electron chi connectivity index (χ1n) is 19.6. The van der Waals surface area contributed by atoms with Gasteiger partial charge in [-0.1, -0.05) is 116 Å². The van der Waals surface area contributed by atoms with Gasteiger partial charge in [-0.05, 0) is 71.4 Å². The Morgan fingerprint density at radius 1 is 0.286 bits per heavy atom. The molecule has 34 radical (unpaired) electrons. The molecule has 8 aromatic carbocycles. The zero-order valence-electron chi connectivity index (χ0n) is 34.3. The van der Waals surface area contributed by atoms with E-state index >= 15 is 0 Å². The summed E-state index contributed by atoms with van der Waals surface area (Å²) in [5.74, 6) is 0. The summed E-state index contributed by atoms with van der Waals surface area (Å²) in [7, 11) is 116. The molecule has 0 saturated heterocycles. The van der Waals surface area contributed by atoms with Crippen LogP contribution >= 0.6 is 0 Å². The number of hydrogen-bond acceptors (Lipinski definition) is 1. The van der Waals surface area contributed by atoms with Gasteiger partial charge in [-0.2, -0.15) is 0 Å². The summed E-state index contributed by atoms with van der Waals surface area (Å²) in [5.41, 5.74) is 5.75. The minimum absolute atomic E-state index is 0.00391. The third kappa shape index (κ3) is 5.19. The minimum atomic E-state index is -0.399. The van der Waals surface area contributed by atoms with Gasteiger partial charge in [0.05, 0.1) is 0 Å². The molecule has 10 rings (SSSR count). The van der Waals surface area contributed by atoms with Gasteiger partial charge in [0.1, 0.15) is 145 Å². The lowest BCUT2D eigenvalue weighted by Crippen LogP contribution is -2.50. The van der Waals surface area contributed by atoms with E-state index in [2.05, 4.69) is 32.0 Å². The lowest BCUT2D eigenvalue weighted by atomic mass is 9.58. The molecule has 9 aromatic rings. The van der Waals surface area contributed by atoms with E-state index in [0.717, 1.165) is 27.8 Å². The van der Waals surface area contributed by atoms with Crippen molar-refractivity contribution < 1.29 is 4.42 Å². The molecule has 0 unspecified atom stereocenters. The van der Waals surface area contributed by atoms with Gasteiger partial charge in [-0.25, -0.2) is 0 Å². The molecular formula is C45H13B17O. The fraction of sp³-hybridized carbons (Fsp3) is 0.0667. The van der Waals surface area contributed by atoms with Gasteiger partial charge in [0.25, 0.3) is 0 Å². The smallest absolute Gasteiger partial charge is 0.141 e. The Bertz CT molecular complexity index is 3600. The predicted molar refractivity (Wildman–Crippen MR) is 286 cm³/mol.